The number of fused-ring (bicyclic) bond motifs is 3. The van der Waals surface area contributed by atoms with Crippen LogP contribution in [0.25, 0.3) is 16.9 Å². The lowest BCUT2D eigenvalue weighted by atomic mass is 10.2. The zero-order chi connectivity index (χ0) is 20.3. The second-order valence-corrected chi connectivity index (χ2v) is 6.56. The van der Waals surface area contributed by atoms with Gasteiger partial charge in [0, 0.05) is 19.7 Å². The summed E-state index contributed by atoms with van der Waals surface area (Å²) in [6, 6.07) is 5.99. The molecule has 0 fully saturated rings. The number of aromatic nitrogens is 5. The molecular formula is C18H16FN5O4. The molecule has 10 heteroatoms. The van der Waals surface area contributed by atoms with Gasteiger partial charge in [0.25, 0.3) is 11.1 Å². The van der Waals surface area contributed by atoms with Crippen LogP contribution in [-0.4, -0.2) is 28.2 Å². The Balaban J connectivity index is 2.21. The Hall–Kier alpha value is -3.69. The molecule has 0 radical (unpaired) electrons. The van der Waals surface area contributed by atoms with Crippen LogP contribution < -0.4 is 16.8 Å². The zero-order valence-electron chi connectivity index (χ0n) is 15.3. The van der Waals surface area contributed by atoms with Crippen LogP contribution in [0, 0.1) is 12.7 Å². The normalized spacial score (nSPS) is 11.6. The molecule has 0 amide bonds. The fourth-order valence-electron chi connectivity index (χ4n) is 3.26. The maximum absolute atomic E-state index is 14.1. The Morgan fingerprint density at radius 1 is 1.07 bits per heavy atom. The maximum atomic E-state index is 14.1. The Morgan fingerprint density at radius 3 is 2.43 bits per heavy atom. The maximum Gasteiger partial charge on any atom is 0.332 e. The van der Waals surface area contributed by atoms with Gasteiger partial charge < -0.3 is 5.11 Å². The first-order chi connectivity index (χ1) is 13.2. The fourth-order valence-corrected chi connectivity index (χ4v) is 3.26. The monoisotopic (exact) mass is 385 g/mol. The fraction of sp³-hybridized carbons (Fsp3) is 0.222. The highest BCUT2D eigenvalue weighted by Gasteiger charge is 2.23. The third-order valence-corrected chi connectivity index (χ3v) is 4.88. The SMILES string of the molecule is Cc1c(O)n(Cc2ccccc2F)c2nc3c(c(=O)n(C)c(=O)n3C)n2c1=O. The van der Waals surface area contributed by atoms with Crippen LogP contribution in [0.4, 0.5) is 4.39 Å². The van der Waals surface area contributed by atoms with Crippen LogP contribution in [0.5, 0.6) is 5.88 Å². The van der Waals surface area contributed by atoms with Gasteiger partial charge >= 0.3 is 5.69 Å². The summed E-state index contributed by atoms with van der Waals surface area (Å²) < 4.78 is 18.4. The van der Waals surface area contributed by atoms with Crippen molar-refractivity contribution >= 4 is 16.9 Å². The van der Waals surface area contributed by atoms with Crippen molar-refractivity contribution in [2.24, 2.45) is 14.1 Å². The van der Waals surface area contributed by atoms with Crippen molar-refractivity contribution in [3.63, 3.8) is 0 Å². The molecule has 0 unspecified atom stereocenters. The second-order valence-electron chi connectivity index (χ2n) is 6.56. The average molecular weight is 385 g/mol. The molecule has 28 heavy (non-hydrogen) atoms. The van der Waals surface area contributed by atoms with Gasteiger partial charge in [0.15, 0.2) is 11.2 Å². The largest absolute Gasteiger partial charge is 0.494 e. The molecule has 0 spiro atoms. The van der Waals surface area contributed by atoms with Crippen molar-refractivity contribution in [2.75, 3.05) is 0 Å². The van der Waals surface area contributed by atoms with E-state index in [-0.39, 0.29) is 34.6 Å². The van der Waals surface area contributed by atoms with Crippen molar-refractivity contribution in [3.05, 3.63) is 72.4 Å². The molecule has 0 atom stereocenters. The molecule has 4 rings (SSSR count). The molecule has 0 saturated heterocycles. The van der Waals surface area contributed by atoms with Gasteiger partial charge in [0.1, 0.15) is 5.82 Å². The van der Waals surface area contributed by atoms with Crippen molar-refractivity contribution in [3.8, 4) is 5.88 Å². The van der Waals surface area contributed by atoms with E-state index in [1.807, 2.05) is 0 Å². The third-order valence-electron chi connectivity index (χ3n) is 4.88. The van der Waals surface area contributed by atoms with Crippen LogP contribution in [0.1, 0.15) is 11.1 Å². The predicted octanol–water partition coefficient (Wildman–Crippen LogP) is 0.248. The van der Waals surface area contributed by atoms with Crippen molar-refractivity contribution in [1.82, 2.24) is 23.1 Å². The summed E-state index contributed by atoms with van der Waals surface area (Å²) in [6.07, 6.45) is 0. The number of benzene rings is 1. The van der Waals surface area contributed by atoms with Gasteiger partial charge in [-0.25, -0.2) is 13.6 Å². The molecule has 3 heterocycles. The van der Waals surface area contributed by atoms with E-state index in [0.29, 0.717) is 0 Å². The Labute approximate surface area is 156 Å². The molecular weight excluding hydrogens is 369 g/mol. The van der Waals surface area contributed by atoms with E-state index < -0.39 is 28.5 Å². The summed E-state index contributed by atoms with van der Waals surface area (Å²) in [5, 5.41) is 10.5. The molecule has 0 aliphatic heterocycles. The van der Waals surface area contributed by atoms with Crippen LogP contribution >= 0.6 is 0 Å². The minimum Gasteiger partial charge on any atom is -0.494 e. The summed E-state index contributed by atoms with van der Waals surface area (Å²) in [5.41, 5.74) is -1.79. The first kappa shape index (κ1) is 17.7. The van der Waals surface area contributed by atoms with Gasteiger partial charge in [0.2, 0.25) is 11.7 Å². The van der Waals surface area contributed by atoms with Crippen LogP contribution in [0.3, 0.4) is 0 Å². The van der Waals surface area contributed by atoms with Gasteiger partial charge in [0.05, 0.1) is 12.1 Å². The minimum absolute atomic E-state index is 0.00233. The highest BCUT2D eigenvalue weighted by atomic mass is 19.1. The van der Waals surface area contributed by atoms with Gasteiger partial charge in [-0.3, -0.25) is 23.3 Å². The number of imidazole rings is 1. The van der Waals surface area contributed by atoms with Crippen molar-refractivity contribution in [1.29, 1.82) is 0 Å². The summed E-state index contributed by atoms with van der Waals surface area (Å²) in [4.78, 5) is 41.9. The molecule has 9 nitrogen and oxygen atoms in total. The number of hydrogen-bond donors (Lipinski definition) is 1. The number of aromatic hydroxyl groups is 1. The number of rotatable bonds is 2. The number of hydrogen-bond acceptors (Lipinski definition) is 5. The molecule has 1 aromatic carbocycles. The second kappa shape index (κ2) is 5.91. The number of halogens is 1. The minimum atomic E-state index is -0.690. The molecule has 0 saturated carbocycles. The van der Waals surface area contributed by atoms with E-state index in [0.717, 1.165) is 13.5 Å². The lowest BCUT2D eigenvalue weighted by molar-refractivity contribution is 0.413. The molecule has 1 N–H and O–H groups in total. The van der Waals surface area contributed by atoms with Crippen LogP contribution in [0.15, 0.2) is 38.6 Å². The Bertz CT molecular complexity index is 1460. The van der Waals surface area contributed by atoms with Gasteiger partial charge in [-0.2, -0.15) is 4.98 Å². The van der Waals surface area contributed by atoms with Gasteiger partial charge in [-0.15, -0.1) is 0 Å². The summed E-state index contributed by atoms with van der Waals surface area (Å²) >= 11 is 0. The smallest absolute Gasteiger partial charge is 0.332 e. The zero-order valence-corrected chi connectivity index (χ0v) is 15.3. The summed E-state index contributed by atoms with van der Waals surface area (Å²) in [5.74, 6) is -0.946. The van der Waals surface area contributed by atoms with E-state index in [4.69, 9.17) is 0 Å². The topological polar surface area (TPSA) is 104 Å². The number of nitrogens with zero attached hydrogens (tertiary/aromatic N) is 5. The van der Waals surface area contributed by atoms with Crippen LogP contribution in [-0.2, 0) is 20.6 Å². The van der Waals surface area contributed by atoms with Crippen molar-refractivity contribution < 1.29 is 9.50 Å². The molecule has 0 bridgehead atoms. The lowest BCUT2D eigenvalue weighted by Crippen LogP contribution is -2.38. The van der Waals surface area contributed by atoms with Crippen LogP contribution in [0.2, 0.25) is 0 Å². The molecule has 4 aromatic rings. The molecule has 0 aliphatic carbocycles. The standard InChI is InChI=1S/C18H16FN5O4/c1-9-14(25)23(8-10-6-4-5-7-11(10)19)17-20-13-12(24(17)15(9)26)16(27)22(3)18(28)21(13)2/h4-7,25H,8H2,1-3H3. The van der Waals surface area contributed by atoms with E-state index in [1.54, 1.807) is 6.07 Å². The first-order valence-electron chi connectivity index (χ1n) is 8.38. The first-order valence-corrected chi connectivity index (χ1v) is 8.38. The van der Waals surface area contributed by atoms with E-state index >= 15 is 0 Å². The molecule has 144 valence electrons. The quantitative estimate of drug-likeness (QED) is 0.533. The third kappa shape index (κ3) is 2.24. The average Bonchev–Trinajstić information content (AvgIpc) is 3.08. The van der Waals surface area contributed by atoms with E-state index in [1.165, 1.54) is 43.8 Å². The predicted molar refractivity (Wildman–Crippen MR) is 99.3 cm³/mol. The summed E-state index contributed by atoms with van der Waals surface area (Å²) in [7, 11) is 2.73. The van der Waals surface area contributed by atoms with E-state index in [9.17, 15) is 23.9 Å². The lowest BCUT2D eigenvalue weighted by Gasteiger charge is -2.13. The molecule has 3 aromatic heterocycles. The summed E-state index contributed by atoms with van der Waals surface area (Å²) in [6.45, 7) is 1.27. The Kier molecular flexibility index (Phi) is 3.74. The highest BCUT2D eigenvalue weighted by molar-refractivity contribution is 5.75. The highest BCUT2D eigenvalue weighted by Crippen LogP contribution is 2.21. The van der Waals surface area contributed by atoms with Crippen molar-refractivity contribution in [2.45, 2.75) is 13.5 Å². The molecule has 0 aliphatic rings. The number of aryl methyl sites for hydroxylation is 1. The van der Waals surface area contributed by atoms with E-state index in [2.05, 4.69) is 4.98 Å². The van der Waals surface area contributed by atoms with Gasteiger partial charge in [-0.05, 0) is 13.0 Å². The Morgan fingerprint density at radius 2 is 1.75 bits per heavy atom. The van der Waals surface area contributed by atoms with Gasteiger partial charge in [-0.1, -0.05) is 18.2 Å².